The van der Waals surface area contributed by atoms with Gasteiger partial charge in [0, 0.05) is 24.3 Å². The first-order chi connectivity index (χ1) is 18.1. The van der Waals surface area contributed by atoms with Gasteiger partial charge in [0.1, 0.15) is 12.7 Å². The van der Waals surface area contributed by atoms with Crippen molar-refractivity contribution in [3.8, 4) is 0 Å². The molecule has 0 aromatic heterocycles. The Hall–Kier alpha value is -1.89. The highest BCUT2D eigenvalue weighted by Gasteiger charge is 2.67. The number of rotatable bonds is 9. The van der Waals surface area contributed by atoms with E-state index in [1.165, 1.54) is 0 Å². The Labute approximate surface area is 226 Å². The third kappa shape index (κ3) is 4.82. The molecule has 4 aliphatic carbocycles. The third-order valence-electron chi connectivity index (χ3n) is 11.8. The summed E-state index contributed by atoms with van der Waals surface area (Å²) < 4.78 is 11.2. The molecule has 8 unspecified atom stereocenters. The predicted octanol–water partition coefficient (Wildman–Crippen LogP) is 5.58. The molecule has 7 heteroatoms. The van der Waals surface area contributed by atoms with Crippen molar-refractivity contribution >= 4 is 17.9 Å². The first-order valence-electron chi connectivity index (χ1n) is 15.1. The average molecular weight is 531 g/mol. The maximum Gasteiger partial charge on any atom is 0.331 e. The molecule has 5 rings (SSSR count). The molecule has 0 bridgehead atoms. The molecule has 0 aromatic rings. The summed E-state index contributed by atoms with van der Waals surface area (Å²) in [5.74, 6) is 0.379. The Morgan fingerprint density at radius 2 is 1.74 bits per heavy atom. The summed E-state index contributed by atoms with van der Waals surface area (Å²) >= 11 is 0. The Morgan fingerprint density at radius 3 is 2.45 bits per heavy atom. The number of aliphatic hydroxyl groups is 1. The van der Waals surface area contributed by atoms with Crippen LogP contribution >= 0.6 is 0 Å². The minimum absolute atomic E-state index is 0.0104. The van der Waals surface area contributed by atoms with E-state index in [9.17, 15) is 19.5 Å². The van der Waals surface area contributed by atoms with Gasteiger partial charge in [0.05, 0.1) is 5.60 Å². The lowest BCUT2D eigenvalue weighted by atomic mass is 9.43. The number of aliphatic carboxylic acids is 1. The zero-order valence-electron chi connectivity index (χ0n) is 23.2. The summed E-state index contributed by atoms with van der Waals surface area (Å²) in [4.78, 5) is 34.9. The lowest BCUT2D eigenvalue weighted by molar-refractivity contribution is -0.210. The molecule has 4 fully saturated rings. The molecule has 7 nitrogen and oxygen atoms in total. The van der Waals surface area contributed by atoms with E-state index in [0.29, 0.717) is 31.3 Å². The molecule has 212 valence electrons. The molecule has 4 saturated carbocycles. The van der Waals surface area contributed by atoms with Crippen LogP contribution in [-0.4, -0.2) is 46.4 Å². The highest BCUT2D eigenvalue weighted by atomic mass is 16.5. The number of carbonyl (C=O) groups is 3. The molecule has 0 radical (unpaired) electrons. The Morgan fingerprint density at radius 1 is 0.974 bits per heavy atom. The lowest BCUT2D eigenvalue weighted by Crippen LogP contribution is -2.62. The van der Waals surface area contributed by atoms with Gasteiger partial charge in [0.15, 0.2) is 0 Å². The number of ether oxygens (including phenoxy) is 2. The summed E-state index contributed by atoms with van der Waals surface area (Å²) in [5, 5.41) is 21.1. The number of unbranched alkanes of at least 4 members (excludes halogenated alkanes) is 3. The summed E-state index contributed by atoms with van der Waals surface area (Å²) in [6.45, 7) is 5.09. The minimum Gasteiger partial charge on any atom is -0.481 e. The fraction of sp³-hybridized carbons (Fsp3) is 0.839. The van der Waals surface area contributed by atoms with E-state index < -0.39 is 11.6 Å². The van der Waals surface area contributed by atoms with Gasteiger partial charge in [0.25, 0.3) is 0 Å². The van der Waals surface area contributed by atoms with E-state index in [0.717, 1.165) is 82.6 Å². The highest BCUT2D eigenvalue weighted by molar-refractivity contribution is 5.85. The van der Waals surface area contributed by atoms with Gasteiger partial charge in [-0.05, 0) is 105 Å². The second kappa shape index (κ2) is 10.6. The molecule has 0 spiro atoms. The molecule has 0 aromatic carbocycles. The number of cyclic esters (lactones) is 1. The van der Waals surface area contributed by atoms with Gasteiger partial charge in [-0.1, -0.05) is 26.7 Å². The van der Waals surface area contributed by atoms with Crippen LogP contribution < -0.4 is 0 Å². The Balaban J connectivity index is 1.17. The highest BCUT2D eigenvalue weighted by Crippen LogP contribution is 2.70. The predicted molar refractivity (Wildman–Crippen MR) is 141 cm³/mol. The zero-order chi connectivity index (χ0) is 27.1. The zero-order valence-corrected chi connectivity index (χ0v) is 23.2. The van der Waals surface area contributed by atoms with Crippen LogP contribution in [0.4, 0.5) is 0 Å². The summed E-state index contributed by atoms with van der Waals surface area (Å²) in [5.41, 5.74) is 0.331. The van der Waals surface area contributed by atoms with Crippen molar-refractivity contribution in [3.05, 3.63) is 11.6 Å². The maximum absolute atomic E-state index is 12.5. The molecule has 2 N–H and O–H groups in total. The van der Waals surface area contributed by atoms with Gasteiger partial charge in [-0.3, -0.25) is 9.59 Å². The fourth-order valence-electron chi connectivity index (χ4n) is 9.62. The van der Waals surface area contributed by atoms with E-state index >= 15 is 0 Å². The number of hydrogen-bond acceptors (Lipinski definition) is 6. The first kappa shape index (κ1) is 27.7. The monoisotopic (exact) mass is 530 g/mol. The quantitative estimate of drug-likeness (QED) is 0.296. The summed E-state index contributed by atoms with van der Waals surface area (Å²) in [6, 6.07) is 0. The molecule has 8 atom stereocenters. The smallest absolute Gasteiger partial charge is 0.331 e. The molecular weight excluding hydrogens is 484 g/mol. The minimum atomic E-state index is -0.763. The van der Waals surface area contributed by atoms with Crippen LogP contribution in [-0.2, 0) is 23.9 Å². The van der Waals surface area contributed by atoms with E-state index in [1.54, 1.807) is 6.08 Å². The van der Waals surface area contributed by atoms with Gasteiger partial charge in [-0.2, -0.15) is 0 Å². The van der Waals surface area contributed by atoms with Crippen LogP contribution in [0.15, 0.2) is 11.6 Å². The van der Waals surface area contributed by atoms with Crippen molar-refractivity contribution in [1.29, 1.82) is 0 Å². The number of hydrogen-bond donors (Lipinski definition) is 2. The van der Waals surface area contributed by atoms with Crippen molar-refractivity contribution in [2.24, 2.45) is 34.5 Å². The van der Waals surface area contributed by atoms with Crippen molar-refractivity contribution in [1.82, 2.24) is 0 Å². The van der Waals surface area contributed by atoms with Crippen molar-refractivity contribution in [3.63, 3.8) is 0 Å². The summed E-state index contributed by atoms with van der Waals surface area (Å²) in [7, 11) is 0. The van der Waals surface area contributed by atoms with Crippen molar-refractivity contribution in [2.45, 2.75) is 122 Å². The SMILES string of the molecule is CC12CCC(OC(=O)CCCCCCC(=O)O)CC1CCC1C2CCC2(C)C(C3=CC(=O)OC3)CCC12O. The van der Waals surface area contributed by atoms with E-state index in [-0.39, 0.29) is 47.1 Å². The normalized spacial score (nSPS) is 41.9. The fourth-order valence-corrected chi connectivity index (χ4v) is 9.62. The topological polar surface area (TPSA) is 110 Å². The van der Waals surface area contributed by atoms with E-state index in [1.807, 2.05) is 0 Å². The molecule has 1 aliphatic heterocycles. The molecule has 38 heavy (non-hydrogen) atoms. The third-order valence-corrected chi connectivity index (χ3v) is 11.8. The largest absolute Gasteiger partial charge is 0.481 e. The van der Waals surface area contributed by atoms with Crippen molar-refractivity contribution in [2.75, 3.05) is 6.61 Å². The van der Waals surface area contributed by atoms with Gasteiger partial charge in [-0.25, -0.2) is 4.79 Å². The van der Waals surface area contributed by atoms with Crippen LogP contribution in [0, 0.1) is 34.5 Å². The first-order valence-corrected chi connectivity index (χ1v) is 15.1. The second-order valence-corrected chi connectivity index (χ2v) is 13.5. The molecule has 0 saturated heterocycles. The van der Waals surface area contributed by atoms with Crippen LogP contribution in [0.2, 0.25) is 0 Å². The number of carboxylic acids is 1. The van der Waals surface area contributed by atoms with E-state index in [4.69, 9.17) is 14.6 Å². The van der Waals surface area contributed by atoms with Crippen LogP contribution in [0.5, 0.6) is 0 Å². The second-order valence-electron chi connectivity index (χ2n) is 13.5. The maximum atomic E-state index is 12.5. The molecule has 5 aliphatic rings. The van der Waals surface area contributed by atoms with Gasteiger partial charge < -0.3 is 19.7 Å². The standard InChI is InChI=1S/C31H46O7/c1-29-14-11-22(38-27(34)8-6-4-3-5-7-26(32)33)18-21(29)9-10-25-24(29)12-15-30(2)23(13-16-31(25,30)36)20-17-28(35)37-19-20/h17,21-25,36H,3-16,18-19H2,1-2H3,(H,32,33). The molecule has 0 amide bonds. The summed E-state index contributed by atoms with van der Waals surface area (Å²) in [6.07, 6.45) is 14.2. The number of carbonyl (C=O) groups excluding carboxylic acids is 2. The molecular formula is C31H46O7. The van der Waals surface area contributed by atoms with Crippen LogP contribution in [0.25, 0.3) is 0 Å². The van der Waals surface area contributed by atoms with Gasteiger partial charge in [-0.15, -0.1) is 0 Å². The number of esters is 2. The average Bonchev–Trinajstić information content (AvgIpc) is 3.41. The van der Waals surface area contributed by atoms with Gasteiger partial charge in [0.2, 0.25) is 0 Å². The Kier molecular flexibility index (Phi) is 7.71. The number of fused-ring (bicyclic) bond motifs is 5. The van der Waals surface area contributed by atoms with Crippen molar-refractivity contribution < 1.29 is 34.1 Å². The van der Waals surface area contributed by atoms with E-state index in [2.05, 4.69) is 13.8 Å². The van der Waals surface area contributed by atoms with Gasteiger partial charge >= 0.3 is 17.9 Å². The number of carboxylic acid groups (broad SMARTS) is 1. The van der Waals surface area contributed by atoms with Crippen LogP contribution in [0.1, 0.15) is 110 Å². The van der Waals surface area contributed by atoms with Crippen LogP contribution in [0.3, 0.4) is 0 Å². The lowest BCUT2D eigenvalue weighted by Gasteiger charge is -2.63. The Bertz CT molecular complexity index is 973. The molecule has 1 heterocycles.